The maximum Gasteiger partial charge on any atom is 0.407 e. The third kappa shape index (κ3) is 3.76. The van der Waals surface area contributed by atoms with Crippen LogP contribution in [-0.4, -0.2) is 43.1 Å². The highest BCUT2D eigenvalue weighted by Gasteiger charge is 2.50. The SMILES string of the molecule is CC(C)(C)c1ccc(C2CCC3(C2)CN(C(=O)[C@@H]2CCOC(=O)NC2)C3)cc1. The second kappa shape index (κ2) is 7.09. The Hall–Kier alpha value is -2.04. The Bertz CT molecular complexity index is 744. The van der Waals surface area contributed by atoms with Crippen LogP contribution in [0.4, 0.5) is 4.79 Å². The number of ether oxygens (including phenoxy) is 1. The minimum absolute atomic E-state index is 0.147. The standard InChI is InChI=1S/C23H32N2O3/c1-22(2,3)19-6-4-16(5-7-19)17-8-10-23(12-17)14-25(15-23)20(26)18-9-11-28-21(27)24-13-18/h4-7,17-18H,8-15H2,1-3H3,(H,24,27)/t17?,18-/m1/s1. The molecule has 3 fully saturated rings. The number of nitrogens with zero attached hydrogens (tertiary/aromatic N) is 1. The Labute approximate surface area is 167 Å². The van der Waals surface area contributed by atoms with Gasteiger partial charge in [0.1, 0.15) is 0 Å². The lowest BCUT2D eigenvalue weighted by atomic mass is 9.76. The van der Waals surface area contributed by atoms with Gasteiger partial charge in [0.15, 0.2) is 0 Å². The number of carbonyl (C=O) groups is 2. The molecule has 0 aromatic heterocycles. The van der Waals surface area contributed by atoms with E-state index in [1.54, 1.807) is 0 Å². The van der Waals surface area contributed by atoms with Gasteiger partial charge in [-0.25, -0.2) is 4.79 Å². The van der Waals surface area contributed by atoms with Gasteiger partial charge in [-0.1, -0.05) is 45.0 Å². The van der Waals surface area contributed by atoms with Crippen LogP contribution in [-0.2, 0) is 14.9 Å². The molecular formula is C23H32N2O3. The van der Waals surface area contributed by atoms with Gasteiger partial charge in [-0.2, -0.15) is 0 Å². The molecule has 1 spiro atoms. The van der Waals surface area contributed by atoms with E-state index in [0.29, 0.717) is 30.9 Å². The average molecular weight is 385 g/mol. The van der Waals surface area contributed by atoms with E-state index >= 15 is 0 Å². The van der Waals surface area contributed by atoms with Gasteiger partial charge in [-0.05, 0) is 48.1 Å². The molecule has 1 aromatic carbocycles. The van der Waals surface area contributed by atoms with Gasteiger partial charge in [0.05, 0.1) is 12.5 Å². The summed E-state index contributed by atoms with van der Waals surface area (Å²) < 4.78 is 4.98. The van der Waals surface area contributed by atoms with Crippen molar-refractivity contribution in [2.45, 2.75) is 57.8 Å². The number of likely N-dealkylation sites (tertiary alicyclic amines) is 1. The van der Waals surface area contributed by atoms with Gasteiger partial charge in [0.2, 0.25) is 5.91 Å². The third-order valence-electron chi connectivity index (χ3n) is 6.86. The number of carbonyl (C=O) groups excluding carboxylic acids is 2. The minimum Gasteiger partial charge on any atom is -0.450 e. The molecule has 1 N–H and O–H groups in total. The molecule has 2 heterocycles. The molecule has 2 saturated heterocycles. The van der Waals surface area contributed by atoms with Crippen molar-refractivity contribution in [3.8, 4) is 0 Å². The Morgan fingerprint density at radius 1 is 1.18 bits per heavy atom. The highest BCUT2D eigenvalue weighted by atomic mass is 16.5. The van der Waals surface area contributed by atoms with Crippen molar-refractivity contribution in [3.63, 3.8) is 0 Å². The van der Waals surface area contributed by atoms with Crippen molar-refractivity contribution >= 4 is 12.0 Å². The van der Waals surface area contributed by atoms with Crippen LogP contribution in [0.15, 0.2) is 24.3 Å². The van der Waals surface area contributed by atoms with Crippen LogP contribution in [0.2, 0.25) is 0 Å². The lowest BCUT2D eigenvalue weighted by Crippen LogP contribution is -2.59. The second-order valence-electron chi connectivity index (χ2n) is 10.0. The van der Waals surface area contributed by atoms with Crippen molar-refractivity contribution in [1.82, 2.24) is 10.2 Å². The summed E-state index contributed by atoms with van der Waals surface area (Å²) in [6, 6.07) is 9.17. The zero-order valence-corrected chi connectivity index (χ0v) is 17.3. The largest absolute Gasteiger partial charge is 0.450 e. The normalized spacial score (nSPS) is 27.0. The Kier molecular flexibility index (Phi) is 4.88. The quantitative estimate of drug-likeness (QED) is 0.843. The van der Waals surface area contributed by atoms with Gasteiger partial charge >= 0.3 is 6.09 Å². The number of amides is 2. The zero-order valence-electron chi connectivity index (χ0n) is 17.3. The molecule has 0 bridgehead atoms. The van der Waals surface area contributed by atoms with Crippen LogP contribution in [0.3, 0.4) is 0 Å². The monoisotopic (exact) mass is 384 g/mol. The van der Waals surface area contributed by atoms with Crippen LogP contribution < -0.4 is 5.32 Å². The van der Waals surface area contributed by atoms with Gasteiger partial charge in [-0.3, -0.25) is 4.79 Å². The van der Waals surface area contributed by atoms with Gasteiger partial charge in [-0.15, -0.1) is 0 Å². The fourth-order valence-electron chi connectivity index (χ4n) is 5.08. The number of rotatable bonds is 2. The van der Waals surface area contributed by atoms with E-state index in [0.717, 1.165) is 13.1 Å². The van der Waals surface area contributed by atoms with E-state index in [1.165, 1.54) is 30.4 Å². The van der Waals surface area contributed by atoms with Gasteiger partial charge < -0.3 is 15.0 Å². The summed E-state index contributed by atoms with van der Waals surface area (Å²) in [6.07, 6.45) is 3.79. The summed E-state index contributed by atoms with van der Waals surface area (Å²) >= 11 is 0. The van der Waals surface area contributed by atoms with E-state index in [2.05, 4.69) is 50.4 Å². The Morgan fingerprint density at radius 3 is 2.57 bits per heavy atom. The fraction of sp³-hybridized carbons (Fsp3) is 0.652. The lowest BCUT2D eigenvalue weighted by molar-refractivity contribution is -0.147. The van der Waals surface area contributed by atoms with Crippen molar-refractivity contribution in [3.05, 3.63) is 35.4 Å². The van der Waals surface area contributed by atoms with E-state index < -0.39 is 6.09 Å². The Morgan fingerprint density at radius 2 is 1.89 bits per heavy atom. The first-order valence-corrected chi connectivity index (χ1v) is 10.6. The van der Waals surface area contributed by atoms with Crippen LogP contribution in [0.5, 0.6) is 0 Å². The summed E-state index contributed by atoms with van der Waals surface area (Å²) in [4.78, 5) is 26.1. The number of nitrogens with one attached hydrogen (secondary N) is 1. The molecule has 2 atom stereocenters. The van der Waals surface area contributed by atoms with E-state index in [-0.39, 0.29) is 17.2 Å². The van der Waals surface area contributed by atoms with Crippen molar-refractivity contribution in [1.29, 1.82) is 0 Å². The first-order valence-electron chi connectivity index (χ1n) is 10.6. The molecule has 2 amide bonds. The number of alkyl carbamates (subject to hydrolysis) is 1. The summed E-state index contributed by atoms with van der Waals surface area (Å²) in [5, 5.41) is 2.67. The van der Waals surface area contributed by atoms with E-state index in [4.69, 9.17) is 4.74 Å². The summed E-state index contributed by atoms with van der Waals surface area (Å²) in [6.45, 7) is 9.20. The zero-order chi connectivity index (χ0) is 19.9. The average Bonchev–Trinajstić information content (AvgIpc) is 2.97. The third-order valence-corrected chi connectivity index (χ3v) is 6.86. The maximum atomic E-state index is 12.8. The molecule has 5 heteroatoms. The summed E-state index contributed by atoms with van der Waals surface area (Å²) in [5.41, 5.74) is 3.31. The van der Waals surface area contributed by atoms with Crippen molar-refractivity contribution in [2.24, 2.45) is 11.3 Å². The van der Waals surface area contributed by atoms with E-state index in [9.17, 15) is 9.59 Å². The van der Waals surface area contributed by atoms with Crippen molar-refractivity contribution < 1.29 is 14.3 Å². The molecule has 0 radical (unpaired) electrons. The van der Waals surface area contributed by atoms with Crippen LogP contribution >= 0.6 is 0 Å². The molecule has 4 rings (SSSR count). The molecule has 152 valence electrons. The number of hydrogen-bond acceptors (Lipinski definition) is 3. The fourth-order valence-corrected chi connectivity index (χ4v) is 5.08. The number of hydrogen-bond donors (Lipinski definition) is 1. The highest BCUT2D eigenvalue weighted by molar-refractivity contribution is 5.81. The molecule has 5 nitrogen and oxygen atoms in total. The van der Waals surface area contributed by atoms with Crippen LogP contribution in [0.1, 0.15) is 63.5 Å². The molecule has 1 aliphatic carbocycles. The van der Waals surface area contributed by atoms with Crippen molar-refractivity contribution in [2.75, 3.05) is 26.2 Å². The molecular weight excluding hydrogens is 352 g/mol. The molecule has 28 heavy (non-hydrogen) atoms. The summed E-state index contributed by atoms with van der Waals surface area (Å²) in [5.74, 6) is 0.636. The smallest absolute Gasteiger partial charge is 0.407 e. The van der Waals surface area contributed by atoms with Crippen LogP contribution in [0, 0.1) is 11.3 Å². The summed E-state index contributed by atoms with van der Waals surface area (Å²) in [7, 11) is 0. The number of cyclic esters (lactones) is 1. The van der Waals surface area contributed by atoms with Gasteiger partial charge in [0, 0.05) is 25.0 Å². The first-order chi connectivity index (χ1) is 13.3. The topological polar surface area (TPSA) is 58.6 Å². The van der Waals surface area contributed by atoms with Gasteiger partial charge in [0.25, 0.3) is 0 Å². The highest BCUT2D eigenvalue weighted by Crippen LogP contribution is 2.52. The molecule has 3 aliphatic rings. The lowest BCUT2D eigenvalue weighted by Gasteiger charge is -2.49. The molecule has 1 unspecified atom stereocenters. The molecule has 2 aliphatic heterocycles. The predicted octanol–water partition coefficient (Wildman–Crippen LogP) is 3.83. The number of benzene rings is 1. The molecule has 1 saturated carbocycles. The maximum absolute atomic E-state index is 12.8. The second-order valence-corrected chi connectivity index (χ2v) is 10.0. The molecule has 1 aromatic rings. The van der Waals surface area contributed by atoms with E-state index in [1.807, 2.05) is 4.90 Å². The predicted molar refractivity (Wildman–Crippen MR) is 108 cm³/mol. The van der Waals surface area contributed by atoms with Crippen LogP contribution in [0.25, 0.3) is 0 Å². The first kappa shape index (κ1) is 19.3. The minimum atomic E-state index is -0.411. The Balaban J connectivity index is 1.33.